The Morgan fingerprint density at radius 2 is 1.95 bits per heavy atom. The van der Waals surface area contributed by atoms with Crippen molar-refractivity contribution >= 4 is 5.82 Å². The highest BCUT2D eigenvalue weighted by molar-refractivity contribution is 5.38. The Balaban J connectivity index is 1.98. The van der Waals surface area contributed by atoms with Gasteiger partial charge in [-0.05, 0) is 44.7 Å². The van der Waals surface area contributed by atoms with Crippen molar-refractivity contribution in [3.8, 4) is 0 Å². The highest BCUT2D eigenvalue weighted by Gasteiger charge is 2.26. The van der Waals surface area contributed by atoms with Crippen molar-refractivity contribution in [2.24, 2.45) is 5.92 Å². The topological polar surface area (TPSA) is 41.0 Å². The van der Waals surface area contributed by atoms with Gasteiger partial charge < -0.3 is 10.2 Å². The Bertz CT molecular complexity index is 382. The molecule has 1 aromatic heterocycles. The molecular weight excluding hydrogens is 236 g/mol. The number of anilines is 1. The summed E-state index contributed by atoms with van der Waals surface area (Å²) in [6.07, 6.45) is 2.74. The zero-order valence-electron chi connectivity index (χ0n) is 12.6. The first kappa shape index (κ1) is 14.3. The molecule has 0 bridgehead atoms. The Labute approximate surface area is 116 Å². The molecule has 1 fully saturated rings. The van der Waals surface area contributed by atoms with E-state index in [1.54, 1.807) is 0 Å². The third kappa shape index (κ3) is 4.46. The van der Waals surface area contributed by atoms with Crippen molar-refractivity contribution in [2.45, 2.75) is 59.2 Å². The normalized spacial score (nSPS) is 15.3. The molecule has 0 unspecified atom stereocenters. The molecular formula is C15H26N4. The molecule has 0 radical (unpaired) electrons. The summed E-state index contributed by atoms with van der Waals surface area (Å²) in [6, 6.07) is 5.14. The largest absolute Gasteiger partial charge is 0.352 e. The number of rotatable bonds is 7. The minimum absolute atomic E-state index is 0.475. The van der Waals surface area contributed by atoms with E-state index in [0.717, 1.165) is 30.5 Å². The van der Waals surface area contributed by atoms with E-state index < -0.39 is 0 Å². The fraction of sp³-hybridized carbons (Fsp3) is 0.733. The van der Waals surface area contributed by atoms with E-state index in [1.165, 1.54) is 12.8 Å². The van der Waals surface area contributed by atoms with Gasteiger partial charge in [-0.1, -0.05) is 13.8 Å². The van der Waals surface area contributed by atoms with Crippen molar-refractivity contribution in [1.82, 2.24) is 15.5 Å². The van der Waals surface area contributed by atoms with Crippen LogP contribution in [0.3, 0.4) is 0 Å². The summed E-state index contributed by atoms with van der Waals surface area (Å²) in [4.78, 5) is 2.37. The number of nitrogens with one attached hydrogen (secondary N) is 1. The Hall–Kier alpha value is -1.16. The van der Waals surface area contributed by atoms with E-state index in [1.807, 2.05) is 0 Å². The second-order valence-corrected chi connectivity index (χ2v) is 6.11. The molecule has 1 aromatic rings. The Morgan fingerprint density at radius 3 is 2.42 bits per heavy atom. The summed E-state index contributed by atoms with van der Waals surface area (Å²) in [5.41, 5.74) is 1.01. The molecule has 0 atom stereocenters. The van der Waals surface area contributed by atoms with E-state index in [9.17, 15) is 0 Å². The van der Waals surface area contributed by atoms with Gasteiger partial charge in [0, 0.05) is 25.2 Å². The van der Waals surface area contributed by atoms with Gasteiger partial charge in [-0.25, -0.2) is 0 Å². The van der Waals surface area contributed by atoms with Gasteiger partial charge in [0.25, 0.3) is 0 Å². The SMILES string of the molecule is CC(C)NCc1ccc(N(CC2CC2)C(C)C)nn1. The molecule has 0 aromatic carbocycles. The summed E-state index contributed by atoms with van der Waals surface area (Å²) >= 11 is 0. The van der Waals surface area contributed by atoms with Crippen LogP contribution in [0.5, 0.6) is 0 Å². The summed E-state index contributed by atoms with van der Waals surface area (Å²) in [6.45, 7) is 10.6. The first-order valence-corrected chi connectivity index (χ1v) is 7.39. The highest BCUT2D eigenvalue weighted by atomic mass is 15.3. The number of hydrogen-bond acceptors (Lipinski definition) is 4. The monoisotopic (exact) mass is 262 g/mol. The van der Waals surface area contributed by atoms with Crippen LogP contribution in [0.2, 0.25) is 0 Å². The molecule has 1 aliphatic rings. The van der Waals surface area contributed by atoms with Crippen molar-refractivity contribution in [2.75, 3.05) is 11.4 Å². The van der Waals surface area contributed by atoms with Gasteiger partial charge in [0.05, 0.1) is 5.69 Å². The van der Waals surface area contributed by atoms with Crippen molar-refractivity contribution in [3.63, 3.8) is 0 Å². The van der Waals surface area contributed by atoms with E-state index in [-0.39, 0.29) is 0 Å². The molecule has 2 rings (SSSR count). The maximum absolute atomic E-state index is 4.39. The van der Waals surface area contributed by atoms with Gasteiger partial charge in [0.1, 0.15) is 0 Å². The van der Waals surface area contributed by atoms with Crippen LogP contribution in [0.4, 0.5) is 5.82 Å². The van der Waals surface area contributed by atoms with Crippen molar-refractivity contribution in [3.05, 3.63) is 17.8 Å². The minimum Gasteiger partial charge on any atom is -0.352 e. The standard InChI is InChI=1S/C15H26N4/c1-11(2)16-9-14-7-8-15(18-17-14)19(12(3)4)10-13-5-6-13/h7-8,11-13,16H,5-6,9-10H2,1-4H3. The molecule has 0 saturated heterocycles. The van der Waals surface area contributed by atoms with Crippen LogP contribution >= 0.6 is 0 Å². The third-order valence-electron chi connectivity index (χ3n) is 3.47. The van der Waals surface area contributed by atoms with Crippen LogP contribution in [-0.4, -0.2) is 28.8 Å². The second-order valence-electron chi connectivity index (χ2n) is 6.11. The number of hydrogen-bond donors (Lipinski definition) is 1. The summed E-state index contributed by atoms with van der Waals surface area (Å²) in [7, 11) is 0. The molecule has 1 saturated carbocycles. The lowest BCUT2D eigenvalue weighted by atomic mass is 10.2. The van der Waals surface area contributed by atoms with Gasteiger partial charge in [-0.2, -0.15) is 5.10 Å². The van der Waals surface area contributed by atoms with E-state index in [4.69, 9.17) is 0 Å². The Morgan fingerprint density at radius 1 is 1.21 bits per heavy atom. The lowest BCUT2D eigenvalue weighted by Gasteiger charge is -2.27. The molecule has 0 spiro atoms. The average molecular weight is 262 g/mol. The summed E-state index contributed by atoms with van der Waals surface area (Å²) < 4.78 is 0. The van der Waals surface area contributed by atoms with Gasteiger partial charge in [0.2, 0.25) is 0 Å². The predicted molar refractivity (Wildman–Crippen MR) is 79.2 cm³/mol. The van der Waals surface area contributed by atoms with Gasteiger partial charge in [-0.15, -0.1) is 5.10 Å². The van der Waals surface area contributed by atoms with Gasteiger partial charge >= 0.3 is 0 Å². The first-order valence-electron chi connectivity index (χ1n) is 7.39. The maximum Gasteiger partial charge on any atom is 0.151 e. The molecule has 0 aliphatic heterocycles. The fourth-order valence-electron chi connectivity index (χ4n) is 2.06. The number of aromatic nitrogens is 2. The van der Waals surface area contributed by atoms with Crippen LogP contribution in [0.1, 0.15) is 46.2 Å². The second kappa shape index (κ2) is 6.33. The van der Waals surface area contributed by atoms with Crippen LogP contribution in [-0.2, 0) is 6.54 Å². The molecule has 1 heterocycles. The summed E-state index contributed by atoms with van der Waals surface area (Å²) in [5, 5.41) is 12.1. The van der Waals surface area contributed by atoms with E-state index in [0.29, 0.717) is 12.1 Å². The van der Waals surface area contributed by atoms with E-state index in [2.05, 4.69) is 60.2 Å². The molecule has 4 nitrogen and oxygen atoms in total. The van der Waals surface area contributed by atoms with Crippen LogP contribution < -0.4 is 10.2 Å². The third-order valence-corrected chi connectivity index (χ3v) is 3.47. The van der Waals surface area contributed by atoms with Gasteiger partial charge in [0.15, 0.2) is 5.82 Å². The van der Waals surface area contributed by atoms with E-state index >= 15 is 0 Å². The Kier molecular flexibility index (Phi) is 4.75. The molecule has 1 aliphatic carbocycles. The molecule has 19 heavy (non-hydrogen) atoms. The van der Waals surface area contributed by atoms with Crippen LogP contribution in [0.15, 0.2) is 12.1 Å². The fourth-order valence-corrected chi connectivity index (χ4v) is 2.06. The quantitative estimate of drug-likeness (QED) is 0.820. The first-order chi connectivity index (χ1) is 9.06. The van der Waals surface area contributed by atoms with Crippen molar-refractivity contribution in [1.29, 1.82) is 0 Å². The average Bonchev–Trinajstić information content (AvgIpc) is 3.18. The van der Waals surface area contributed by atoms with Gasteiger partial charge in [-0.3, -0.25) is 0 Å². The predicted octanol–water partition coefficient (Wildman–Crippen LogP) is 2.60. The lowest BCUT2D eigenvalue weighted by Crippen LogP contribution is -2.33. The molecule has 106 valence electrons. The van der Waals surface area contributed by atoms with Crippen molar-refractivity contribution < 1.29 is 0 Å². The molecule has 4 heteroatoms. The number of nitrogens with zero attached hydrogens (tertiary/aromatic N) is 3. The molecule has 0 amide bonds. The highest BCUT2D eigenvalue weighted by Crippen LogP contribution is 2.31. The minimum atomic E-state index is 0.475. The lowest BCUT2D eigenvalue weighted by molar-refractivity contribution is 0.575. The smallest absolute Gasteiger partial charge is 0.151 e. The zero-order valence-corrected chi connectivity index (χ0v) is 12.6. The maximum atomic E-state index is 4.39. The summed E-state index contributed by atoms with van der Waals surface area (Å²) in [5.74, 6) is 1.88. The zero-order chi connectivity index (χ0) is 13.8. The van der Waals surface area contributed by atoms with Crippen LogP contribution in [0, 0.1) is 5.92 Å². The molecule has 1 N–H and O–H groups in total. The van der Waals surface area contributed by atoms with Crippen LogP contribution in [0.25, 0.3) is 0 Å².